The minimum atomic E-state index is -0.936. The zero-order valence-corrected chi connectivity index (χ0v) is 18.2. The molecule has 0 bridgehead atoms. The summed E-state index contributed by atoms with van der Waals surface area (Å²) >= 11 is 0. The number of nitrogens with one attached hydrogen (secondary N) is 1. The maximum atomic E-state index is 12.6. The van der Waals surface area contributed by atoms with Crippen LogP contribution in [0, 0.1) is 0 Å². The topological polar surface area (TPSA) is 73.9 Å². The molecule has 0 heterocycles. The molecular weight excluding hydrogens is 382 g/mol. The van der Waals surface area contributed by atoms with E-state index in [-0.39, 0.29) is 5.91 Å². The Bertz CT molecular complexity index is 898. The van der Waals surface area contributed by atoms with Gasteiger partial charge in [0.25, 0.3) is 5.91 Å². The highest BCUT2D eigenvalue weighted by Crippen LogP contribution is 2.26. The molecule has 0 saturated carbocycles. The molecule has 0 aliphatic rings. The van der Waals surface area contributed by atoms with Crippen LogP contribution >= 0.6 is 0 Å². The fourth-order valence-corrected chi connectivity index (χ4v) is 3.01. The number of rotatable bonds is 9. The first-order valence-corrected chi connectivity index (χ1v) is 9.95. The zero-order valence-electron chi connectivity index (χ0n) is 18.2. The van der Waals surface area contributed by atoms with Crippen molar-refractivity contribution in [2.24, 2.45) is 0 Å². The number of aryl methyl sites for hydroxylation is 2. The smallest absolute Gasteiger partial charge is 0.331 e. The quantitative estimate of drug-likeness (QED) is 0.489. The second-order valence-electron chi connectivity index (χ2n) is 6.67. The van der Waals surface area contributed by atoms with Crippen LogP contribution in [-0.4, -0.2) is 32.2 Å². The van der Waals surface area contributed by atoms with Crippen LogP contribution in [0.4, 0.5) is 5.69 Å². The minimum absolute atomic E-state index is 0.366. The third kappa shape index (κ3) is 5.86. The molecule has 1 N–H and O–H groups in total. The molecule has 0 fully saturated rings. The largest absolute Gasteiger partial charge is 0.497 e. The van der Waals surface area contributed by atoms with Gasteiger partial charge >= 0.3 is 5.97 Å². The summed E-state index contributed by atoms with van der Waals surface area (Å²) in [6.45, 7) is 5.62. The number of ether oxygens (including phenoxy) is 3. The van der Waals surface area contributed by atoms with Gasteiger partial charge in [-0.1, -0.05) is 32.0 Å². The molecule has 2 aromatic carbocycles. The van der Waals surface area contributed by atoms with Gasteiger partial charge < -0.3 is 19.5 Å². The van der Waals surface area contributed by atoms with Crippen molar-refractivity contribution in [1.29, 1.82) is 0 Å². The van der Waals surface area contributed by atoms with E-state index < -0.39 is 12.1 Å². The van der Waals surface area contributed by atoms with Gasteiger partial charge in [-0.15, -0.1) is 0 Å². The molecule has 30 heavy (non-hydrogen) atoms. The highest BCUT2D eigenvalue weighted by molar-refractivity contribution is 5.97. The molecule has 160 valence electrons. The zero-order chi connectivity index (χ0) is 22.1. The van der Waals surface area contributed by atoms with Crippen LogP contribution < -0.4 is 14.8 Å². The van der Waals surface area contributed by atoms with Gasteiger partial charge in [0.05, 0.1) is 14.2 Å². The van der Waals surface area contributed by atoms with Crippen LogP contribution in [0.15, 0.2) is 42.5 Å². The van der Waals surface area contributed by atoms with E-state index in [9.17, 15) is 9.59 Å². The second kappa shape index (κ2) is 11.0. The standard InChI is InChI=1S/C24H29NO5/c1-6-17-9-8-10-18(7-2)23(17)25-24(27)16(3)30-22(26)14-12-19-11-13-20(28-4)15-21(19)29-5/h8-16H,6-7H2,1-5H3,(H,25,27)/b14-12+. The van der Waals surface area contributed by atoms with Crippen molar-refractivity contribution in [2.45, 2.75) is 39.7 Å². The Kier molecular flexibility index (Phi) is 8.47. The Labute approximate surface area is 177 Å². The lowest BCUT2D eigenvalue weighted by Crippen LogP contribution is -2.30. The number of benzene rings is 2. The van der Waals surface area contributed by atoms with E-state index >= 15 is 0 Å². The predicted molar refractivity (Wildman–Crippen MR) is 118 cm³/mol. The van der Waals surface area contributed by atoms with Crippen molar-refractivity contribution >= 4 is 23.6 Å². The van der Waals surface area contributed by atoms with E-state index in [0.29, 0.717) is 17.1 Å². The average molecular weight is 411 g/mol. The van der Waals surface area contributed by atoms with Crippen molar-refractivity contribution in [3.8, 4) is 11.5 Å². The third-order valence-corrected chi connectivity index (χ3v) is 4.75. The number of methoxy groups -OCH3 is 2. The van der Waals surface area contributed by atoms with Gasteiger partial charge in [-0.2, -0.15) is 0 Å². The molecule has 1 atom stereocenters. The van der Waals surface area contributed by atoms with Crippen molar-refractivity contribution in [3.63, 3.8) is 0 Å². The number of hydrogen-bond donors (Lipinski definition) is 1. The fourth-order valence-electron chi connectivity index (χ4n) is 3.01. The second-order valence-corrected chi connectivity index (χ2v) is 6.67. The average Bonchev–Trinajstić information content (AvgIpc) is 2.77. The summed E-state index contributed by atoms with van der Waals surface area (Å²) in [6.07, 6.45) is 3.50. The monoisotopic (exact) mass is 411 g/mol. The highest BCUT2D eigenvalue weighted by Gasteiger charge is 2.19. The van der Waals surface area contributed by atoms with Crippen molar-refractivity contribution < 1.29 is 23.8 Å². The first-order chi connectivity index (χ1) is 14.4. The number of carbonyl (C=O) groups excluding carboxylic acids is 2. The molecule has 2 rings (SSSR count). The fraction of sp³-hybridized carbons (Fsp3) is 0.333. The summed E-state index contributed by atoms with van der Waals surface area (Å²) in [5, 5.41) is 2.92. The van der Waals surface area contributed by atoms with Gasteiger partial charge in [0.2, 0.25) is 0 Å². The van der Waals surface area contributed by atoms with Gasteiger partial charge in [-0.05, 0) is 49.1 Å². The Morgan fingerprint density at radius 3 is 2.27 bits per heavy atom. The molecule has 0 aliphatic heterocycles. The number of anilines is 1. The molecule has 0 radical (unpaired) electrons. The Hall–Kier alpha value is -3.28. The highest BCUT2D eigenvalue weighted by atomic mass is 16.5. The van der Waals surface area contributed by atoms with Crippen LogP contribution in [0.2, 0.25) is 0 Å². The first-order valence-electron chi connectivity index (χ1n) is 9.95. The summed E-state index contributed by atoms with van der Waals surface area (Å²) in [6, 6.07) is 11.2. The molecule has 0 spiro atoms. The summed E-state index contributed by atoms with van der Waals surface area (Å²) in [4.78, 5) is 24.8. The first kappa shape index (κ1) is 23.0. The van der Waals surface area contributed by atoms with Gasteiger partial charge in [-0.3, -0.25) is 4.79 Å². The van der Waals surface area contributed by atoms with Gasteiger partial charge in [-0.25, -0.2) is 4.79 Å². The van der Waals surface area contributed by atoms with Gasteiger partial charge in [0, 0.05) is 23.4 Å². The van der Waals surface area contributed by atoms with Gasteiger partial charge in [0.1, 0.15) is 11.5 Å². The van der Waals surface area contributed by atoms with Crippen molar-refractivity contribution in [2.75, 3.05) is 19.5 Å². The minimum Gasteiger partial charge on any atom is -0.497 e. The molecule has 0 aromatic heterocycles. The Morgan fingerprint density at radius 2 is 1.70 bits per heavy atom. The van der Waals surface area contributed by atoms with E-state index in [1.165, 1.54) is 13.2 Å². The number of carbonyl (C=O) groups is 2. The third-order valence-electron chi connectivity index (χ3n) is 4.75. The molecule has 2 aromatic rings. The number of esters is 1. The molecular formula is C24H29NO5. The number of hydrogen-bond acceptors (Lipinski definition) is 5. The van der Waals surface area contributed by atoms with Crippen LogP contribution in [-0.2, 0) is 27.2 Å². The van der Waals surface area contributed by atoms with Crippen LogP contribution in [0.1, 0.15) is 37.5 Å². The summed E-state index contributed by atoms with van der Waals surface area (Å²) in [7, 11) is 3.10. The Balaban J connectivity index is 2.04. The maximum Gasteiger partial charge on any atom is 0.331 e. The molecule has 0 aliphatic carbocycles. The summed E-state index contributed by atoms with van der Waals surface area (Å²) in [5.41, 5.74) is 3.59. The lowest BCUT2D eigenvalue weighted by Gasteiger charge is -2.17. The van der Waals surface area contributed by atoms with Crippen molar-refractivity contribution in [3.05, 3.63) is 59.2 Å². The van der Waals surface area contributed by atoms with Gasteiger partial charge in [0.15, 0.2) is 6.10 Å². The molecule has 0 saturated heterocycles. The summed E-state index contributed by atoms with van der Waals surface area (Å²) in [5.74, 6) is 0.229. The molecule has 6 heteroatoms. The normalized spacial score (nSPS) is 11.8. The number of para-hydroxylation sites is 1. The van der Waals surface area contributed by atoms with Crippen LogP contribution in [0.5, 0.6) is 11.5 Å². The Morgan fingerprint density at radius 1 is 1.03 bits per heavy atom. The number of amides is 1. The predicted octanol–water partition coefficient (Wildman–Crippen LogP) is 4.41. The lowest BCUT2D eigenvalue weighted by molar-refractivity contribution is -0.148. The van der Waals surface area contributed by atoms with E-state index in [0.717, 1.165) is 29.7 Å². The van der Waals surface area contributed by atoms with E-state index in [2.05, 4.69) is 5.32 Å². The molecule has 1 unspecified atom stereocenters. The van der Waals surface area contributed by atoms with E-state index in [4.69, 9.17) is 14.2 Å². The molecule has 1 amide bonds. The SMILES string of the molecule is CCc1cccc(CC)c1NC(=O)C(C)OC(=O)/C=C/c1ccc(OC)cc1OC. The van der Waals surface area contributed by atoms with Crippen LogP contribution in [0.25, 0.3) is 6.08 Å². The van der Waals surface area contributed by atoms with E-state index in [1.54, 1.807) is 38.3 Å². The van der Waals surface area contributed by atoms with Crippen LogP contribution in [0.3, 0.4) is 0 Å². The molecule has 6 nitrogen and oxygen atoms in total. The van der Waals surface area contributed by atoms with E-state index in [1.807, 2.05) is 32.0 Å². The van der Waals surface area contributed by atoms with Crippen molar-refractivity contribution in [1.82, 2.24) is 0 Å². The summed E-state index contributed by atoms with van der Waals surface area (Å²) < 4.78 is 15.7. The maximum absolute atomic E-state index is 12.6. The lowest BCUT2D eigenvalue weighted by atomic mass is 10.0.